The number of nitrogens with one attached hydrogen (secondary N) is 3. The lowest BCUT2D eigenvalue weighted by Crippen LogP contribution is -2.34. The molecule has 30 heavy (non-hydrogen) atoms. The number of benzene rings is 2. The minimum Gasteiger partial charge on any atom is -0.493 e. The third-order valence-corrected chi connectivity index (χ3v) is 4.31. The highest BCUT2D eigenvalue weighted by molar-refractivity contribution is 7.80. The van der Waals surface area contributed by atoms with Gasteiger partial charge in [0.25, 0.3) is 11.8 Å². The van der Waals surface area contributed by atoms with Crippen molar-refractivity contribution in [2.24, 2.45) is 5.92 Å². The summed E-state index contributed by atoms with van der Waals surface area (Å²) in [7, 11) is 0. The van der Waals surface area contributed by atoms with E-state index in [2.05, 4.69) is 36.7 Å². The Labute approximate surface area is 183 Å². The molecule has 0 aromatic heterocycles. The van der Waals surface area contributed by atoms with Crippen LogP contribution in [-0.4, -0.2) is 30.1 Å². The molecular weight excluding hydrogens is 398 g/mol. The number of anilines is 1. The van der Waals surface area contributed by atoms with Crippen molar-refractivity contribution in [3.8, 4) is 5.75 Å². The van der Waals surface area contributed by atoms with Crippen LogP contribution < -0.4 is 20.7 Å². The van der Waals surface area contributed by atoms with Crippen LogP contribution in [0.3, 0.4) is 0 Å². The first kappa shape index (κ1) is 23.3. The number of unbranched alkanes of at least 4 members (excludes halogenated alkanes) is 1. The fraction of sp³-hybridized carbons (Fsp3) is 0.348. The summed E-state index contributed by atoms with van der Waals surface area (Å²) < 4.78 is 5.66. The smallest absolute Gasteiger partial charge is 0.257 e. The predicted molar refractivity (Wildman–Crippen MR) is 124 cm³/mol. The number of rotatable bonds is 9. The maximum Gasteiger partial charge on any atom is 0.257 e. The van der Waals surface area contributed by atoms with Crippen molar-refractivity contribution in [2.45, 2.75) is 33.6 Å². The van der Waals surface area contributed by atoms with Gasteiger partial charge in [-0.25, -0.2) is 0 Å². The molecule has 0 saturated heterocycles. The molecule has 0 saturated carbocycles. The molecule has 0 bridgehead atoms. The molecule has 2 rings (SSSR count). The molecule has 0 aliphatic rings. The largest absolute Gasteiger partial charge is 0.493 e. The van der Waals surface area contributed by atoms with Gasteiger partial charge >= 0.3 is 0 Å². The Balaban J connectivity index is 1.94. The molecule has 6 nitrogen and oxygen atoms in total. The maximum atomic E-state index is 12.5. The quantitative estimate of drug-likeness (QED) is 0.409. The molecule has 0 fully saturated rings. The summed E-state index contributed by atoms with van der Waals surface area (Å²) in [5.74, 6) is 0.553. The van der Waals surface area contributed by atoms with Crippen LogP contribution in [0.25, 0.3) is 0 Å². The van der Waals surface area contributed by atoms with E-state index in [0.29, 0.717) is 41.6 Å². The van der Waals surface area contributed by atoms with Crippen LogP contribution >= 0.6 is 12.2 Å². The second-order valence-electron chi connectivity index (χ2n) is 7.33. The first-order valence-corrected chi connectivity index (χ1v) is 10.5. The zero-order valence-corrected chi connectivity index (χ0v) is 18.5. The number of ether oxygens (including phenoxy) is 1. The van der Waals surface area contributed by atoms with E-state index in [1.165, 1.54) is 0 Å². The summed E-state index contributed by atoms with van der Waals surface area (Å²) in [5, 5.41) is 8.63. The van der Waals surface area contributed by atoms with Crippen molar-refractivity contribution in [1.29, 1.82) is 0 Å². The standard InChI is InChI=1S/C23H29N3O3S/c1-4-5-12-24-21(27)17-8-6-10-19(13-17)25-23(30)26-22(28)18-9-7-11-20(14-18)29-15-16(2)3/h6-11,13-14,16H,4-5,12,15H2,1-3H3,(H,24,27)(H2,25,26,28,30). The Morgan fingerprint density at radius 3 is 2.43 bits per heavy atom. The van der Waals surface area contributed by atoms with Crippen molar-refractivity contribution in [3.63, 3.8) is 0 Å². The van der Waals surface area contributed by atoms with Crippen LogP contribution in [0.1, 0.15) is 54.3 Å². The van der Waals surface area contributed by atoms with Crippen molar-refractivity contribution < 1.29 is 14.3 Å². The molecule has 0 unspecified atom stereocenters. The summed E-state index contributed by atoms with van der Waals surface area (Å²) in [5.41, 5.74) is 1.60. The second-order valence-corrected chi connectivity index (χ2v) is 7.74. The summed E-state index contributed by atoms with van der Waals surface area (Å²) in [6, 6.07) is 13.9. The number of thiocarbonyl (C=S) groups is 1. The molecule has 0 heterocycles. The molecule has 0 spiro atoms. The monoisotopic (exact) mass is 427 g/mol. The fourth-order valence-electron chi connectivity index (χ4n) is 2.55. The maximum absolute atomic E-state index is 12.5. The van der Waals surface area contributed by atoms with Crippen molar-refractivity contribution >= 4 is 34.8 Å². The van der Waals surface area contributed by atoms with E-state index in [9.17, 15) is 9.59 Å². The third-order valence-electron chi connectivity index (χ3n) is 4.11. The van der Waals surface area contributed by atoms with Gasteiger partial charge < -0.3 is 15.4 Å². The highest BCUT2D eigenvalue weighted by Crippen LogP contribution is 2.15. The van der Waals surface area contributed by atoms with E-state index in [0.717, 1.165) is 12.8 Å². The summed E-state index contributed by atoms with van der Waals surface area (Å²) in [4.78, 5) is 24.7. The van der Waals surface area contributed by atoms with Gasteiger partial charge in [-0.3, -0.25) is 14.9 Å². The lowest BCUT2D eigenvalue weighted by Gasteiger charge is -2.12. The molecule has 2 amide bonds. The van der Waals surface area contributed by atoms with Crippen LogP contribution in [0.5, 0.6) is 5.75 Å². The van der Waals surface area contributed by atoms with Crippen molar-refractivity contribution in [1.82, 2.24) is 10.6 Å². The number of hydrogen-bond acceptors (Lipinski definition) is 4. The summed E-state index contributed by atoms with van der Waals surface area (Å²) in [6.45, 7) is 7.41. The third kappa shape index (κ3) is 7.83. The fourth-order valence-corrected chi connectivity index (χ4v) is 2.76. The van der Waals surface area contributed by atoms with Gasteiger partial charge in [-0.15, -0.1) is 0 Å². The zero-order valence-electron chi connectivity index (χ0n) is 17.7. The van der Waals surface area contributed by atoms with E-state index < -0.39 is 0 Å². The first-order chi connectivity index (χ1) is 14.4. The lowest BCUT2D eigenvalue weighted by atomic mass is 10.2. The average molecular weight is 428 g/mol. The molecule has 7 heteroatoms. The van der Waals surface area contributed by atoms with Gasteiger partial charge in [-0.05, 0) is 61.0 Å². The molecule has 0 atom stereocenters. The van der Waals surface area contributed by atoms with Crippen molar-refractivity contribution in [3.05, 3.63) is 59.7 Å². The zero-order chi connectivity index (χ0) is 21.9. The minimum absolute atomic E-state index is 0.139. The van der Waals surface area contributed by atoms with E-state index in [1.54, 1.807) is 42.5 Å². The molecular formula is C23H29N3O3S. The minimum atomic E-state index is -0.337. The topological polar surface area (TPSA) is 79.5 Å². The Hall–Kier alpha value is -2.93. The van der Waals surface area contributed by atoms with E-state index in [4.69, 9.17) is 17.0 Å². The van der Waals surface area contributed by atoms with Gasteiger partial charge in [0, 0.05) is 23.4 Å². The number of hydrogen-bond donors (Lipinski definition) is 3. The molecule has 160 valence electrons. The molecule has 0 radical (unpaired) electrons. The van der Waals surface area contributed by atoms with Gasteiger partial charge in [-0.1, -0.05) is 39.3 Å². The van der Waals surface area contributed by atoms with Gasteiger partial charge in [0.2, 0.25) is 0 Å². The highest BCUT2D eigenvalue weighted by Gasteiger charge is 2.11. The van der Waals surface area contributed by atoms with Gasteiger partial charge in [0.15, 0.2) is 5.11 Å². The Morgan fingerprint density at radius 1 is 1.03 bits per heavy atom. The van der Waals surface area contributed by atoms with Gasteiger partial charge in [0.1, 0.15) is 5.75 Å². The Bertz CT molecular complexity index is 884. The summed E-state index contributed by atoms with van der Waals surface area (Å²) >= 11 is 5.25. The molecule has 0 aliphatic heterocycles. The van der Waals surface area contributed by atoms with Crippen molar-refractivity contribution in [2.75, 3.05) is 18.5 Å². The van der Waals surface area contributed by atoms with Gasteiger partial charge in [-0.2, -0.15) is 0 Å². The second kappa shape index (κ2) is 11.9. The number of carbonyl (C=O) groups excluding carboxylic acids is 2. The van der Waals surface area contributed by atoms with E-state index in [-0.39, 0.29) is 16.9 Å². The van der Waals surface area contributed by atoms with Crippen LogP contribution in [0.4, 0.5) is 5.69 Å². The van der Waals surface area contributed by atoms with Crippen LogP contribution in [0.15, 0.2) is 48.5 Å². The average Bonchev–Trinajstić information content (AvgIpc) is 2.72. The van der Waals surface area contributed by atoms with Crippen LogP contribution in [-0.2, 0) is 0 Å². The normalized spacial score (nSPS) is 10.4. The lowest BCUT2D eigenvalue weighted by molar-refractivity contribution is 0.0950. The molecule has 2 aromatic carbocycles. The molecule has 3 N–H and O–H groups in total. The highest BCUT2D eigenvalue weighted by atomic mass is 32.1. The van der Waals surface area contributed by atoms with E-state index >= 15 is 0 Å². The predicted octanol–water partition coefficient (Wildman–Crippen LogP) is 4.38. The van der Waals surface area contributed by atoms with Crippen LogP contribution in [0.2, 0.25) is 0 Å². The molecule has 0 aliphatic carbocycles. The molecule has 2 aromatic rings. The first-order valence-electron chi connectivity index (χ1n) is 10.1. The Kier molecular flexibility index (Phi) is 9.28. The SMILES string of the molecule is CCCCNC(=O)c1cccc(NC(=S)NC(=O)c2cccc(OCC(C)C)c2)c1. The number of amides is 2. The Morgan fingerprint density at radius 2 is 1.73 bits per heavy atom. The number of carbonyl (C=O) groups is 2. The van der Waals surface area contributed by atoms with Gasteiger partial charge in [0.05, 0.1) is 6.61 Å². The van der Waals surface area contributed by atoms with Crippen LogP contribution in [0, 0.1) is 5.92 Å². The van der Waals surface area contributed by atoms with E-state index in [1.807, 2.05) is 6.07 Å². The summed E-state index contributed by atoms with van der Waals surface area (Å²) in [6.07, 6.45) is 1.95.